The van der Waals surface area contributed by atoms with Gasteiger partial charge in [-0.05, 0) is 39.0 Å². The number of hydrogen-bond donors (Lipinski definition) is 0. The molecule has 0 N–H and O–H groups in total. The summed E-state index contributed by atoms with van der Waals surface area (Å²) in [5.41, 5.74) is -0.188. The molecule has 1 rings (SSSR count). The van der Waals surface area contributed by atoms with Gasteiger partial charge in [-0.1, -0.05) is 6.07 Å². The number of hydrogen-bond acceptors (Lipinski definition) is 3. The van der Waals surface area contributed by atoms with Crippen molar-refractivity contribution < 1.29 is 13.9 Å². The van der Waals surface area contributed by atoms with E-state index in [1.165, 1.54) is 12.1 Å². The molecule has 0 aliphatic rings. The van der Waals surface area contributed by atoms with E-state index < -0.39 is 5.54 Å². The van der Waals surface area contributed by atoms with Crippen molar-refractivity contribution in [1.29, 1.82) is 0 Å². The van der Waals surface area contributed by atoms with Gasteiger partial charge in [0.2, 0.25) is 0 Å². The Morgan fingerprint density at radius 1 is 1.47 bits per heavy atom. The zero-order valence-corrected chi connectivity index (χ0v) is 10.7. The summed E-state index contributed by atoms with van der Waals surface area (Å²) in [6, 6.07) is 6.13. The summed E-state index contributed by atoms with van der Waals surface area (Å²) in [6.45, 7) is 5.58. The number of anilines is 1. The first-order valence-electron chi connectivity index (χ1n) is 5.56. The molecule has 3 nitrogen and oxygen atoms in total. The minimum absolute atomic E-state index is 0.325. The van der Waals surface area contributed by atoms with Crippen LogP contribution in [0.1, 0.15) is 20.8 Å². The minimum Gasteiger partial charge on any atom is -0.464 e. The average molecular weight is 239 g/mol. The highest BCUT2D eigenvalue weighted by Crippen LogP contribution is 2.23. The predicted molar refractivity (Wildman–Crippen MR) is 65.5 cm³/mol. The van der Waals surface area contributed by atoms with Gasteiger partial charge in [-0.2, -0.15) is 0 Å². The third-order valence-corrected chi connectivity index (χ3v) is 2.81. The molecule has 94 valence electrons. The Balaban J connectivity index is 2.95. The van der Waals surface area contributed by atoms with Crippen LogP contribution in [0.5, 0.6) is 0 Å². The second-order valence-corrected chi connectivity index (χ2v) is 4.32. The van der Waals surface area contributed by atoms with Crippen LogP contribution in [-0.4, -0.2) is 25.2 Å². The largest absolute Gasteiger partial charge is 0.464 e. The van der Waals surface area contributed by atoms with Gasteiger partial charge in [-0.3, -0.25) is 0 Å². The molecule has 0 radical (unpaired) electrons. The maximum Gasteiger partial charge on any atom is 0.331 e. The summed E-state index contributed by atoms with van der Waals surface area (Å²) >= 11 is 0. The van der Waals surface area contributed by atoms with Crippen LogP contribution in [0.25, 0.3) is 0 Å². The quantitative estimate of drug-likeness (QED) is 0.756. The number of halogens is 1. The van der Waals surface area contributed by atoms with E-state index in [2.05, 4.69) is 0 Å². The molecule has 0 aliphatic carbocycles. The van der Waals surface area contributed by atoms with E-state index in [1.54, 1.807) is 44.9 Å². The number of ether oxygens (including phenoxy) is 1. The fourth-order valence-electron chi connectivity index (χ4n) is 1.45. The SMILES string of the molecule is CCOC(=O)C(C)(C)N(C)c1cccc(F)c1. The molecule has 0 aromatic heterocycles. The fraction of sp³-hybridized carbons (Fsp3) is 0.462. The van der Waals surface area contributed by atoms with Crippen LogP contribution in [0.2, 0.25) is 0 Å². The predicted octanol–water partition coefficient (Wildman–Crippen LogP) is 2.60. The topological polar surface area (TPSA) is 29.5 Å². The van der Waals surface area contributed by atoms with E-state index in [0.29, 0.717) is 12.3 Å². The van der Waals surface area contributed by atoms with Crippen LogP contribution < -0.4 is 4.90 Å². The molecule has 0 saturated carbocycles. The molecule has 0 fully saturated rings. The van der Waals surface area contributed by atoms with Crippen molar-refractivity contribution in [2.24, 2.45) is 0 Å². The number of benzene rings is 1. The van der Waals surface area contributed by atoms with Crippen molar-refractivity contribution in [2.45, 2.75) is 26.3 Å². The molecular weight excluding hydrogens is 221 g/mol. The molecule has 0 heterocycles. The fourth-order valence-corrected chi connectivity index (χ4v) is 1.45. The Kier molecular flexibility index (Phi) is 4.10. The van der Waals surface area contributed by atoms with Crippen molar-refractivity contribution in [3.8, 4) is 0 Å². The summed E-state index contributed by atoms with van der Waals surface area (Å²) in [5, 5.41) is 0. The molecular formula is C13H18FNO2. The van der Waals surface area contributed by atoms with Crippen molar-refractivity contribution in [1.82, 2.24) is 0 Å². The number of rotatable bonds is 4. The number of carbonyl (C=O) groups is 1. The van der Waals surface area contributed by atoms with Gasteiger partial charge >= 0.3 is 5.97 Å². The van der Waals surface area contributed by atoms with Crippen molar-refractivity contribution in [3.05, 3.63) is 30.1 Å². The molecule has 0 amide bonds. The zero-order valence-electron chi connectivity index (χ0n) is 10.7. The zero-order chi connectivity index (χ0) is 13.1. The first-order valence-corrected chi connectivity index (χ1v) is 5.56. The first-order chi connectivity index (χ1) is 7.89. The van der Waals surface area contributed by atoms with Crippen LogP contribution in [0, 0.1) is 5.82 Å². The van der Waals surface area contributed by atoms with Gasteiger partial charge in [0.25, 0.3) is 0 Å². The highest BCUT2D eigenvalue weighted by atomic mass is 19.1. The molecule has 1 aromatic carbocycles. The number of esters is 1. The van der Waals surface area contributed by atoms with E-state index in [1.807, 2.05) is 0 Å². The van der Waals surface area contributed by atoms with Gasteiger partial charge in [0.15, 0.2) is 0 Å². The van der Waals surface area contributed by atoms with Gasteiger partial charge in [0.05, 0.1) is 6.61 Å². The van der Waals surface area contributed by atoms with Crippen LogP contribution in [0.15, 0.2) is 24.3 Å². The molecule has 0 unspecified atom stereocenters. The number of nitrogens with zero attached hydrogens (tertiary/aromatic N) is 1. The van der Waals surface area contributed by atoms with E-state index in [-0.39, 0.29) is 11.8 Å². The highest BCUT2D eigenvalue weighted by molar-refractivity contribution is 5.84. The molecule has 17 heavy (non-hydrogen) atoms. The average Bonchev–Trinajstić information content (AvgIpc) is 2.28. The van der Waals surface area contributed by atoms with Crippen molar-refractivity contribution >= 4 is 11.7 Å². The number of likely N-dealkylation sites (N-methyl/N-ethyl adjacent to an activating group) is 1. The molecule has 0 bridgehead atoms. The standard InChI is InChI=1S/C13H18FNO2/c1-5-17-12(16)13(2,3)15(4)11-8-6-7-10(14)9-11/h6-9H,5H2,1-4H3. The Hall–Kier alpha value is -1.58. The second-order valence-electron chi connectivity index (χ2n) is 4.32. The molecule has 1 aromatic rings. The normalized spacial score (nSPS) is 11.1. The van der Waals surface area contributed by atoms with Gasteiger partial charge in [-0.25, -0.2) is 9.18 Å². The third kappa shape index (κ3) is 2.96. The van der Waals surface area contributed by atoms with Crippen molar-refractivity contribution in [2.75, 3.05) is 18.6 Å². The van der Waals surface area contributed by atoms with Gasteiger partial charge in [0, 0.05) is 12.7 Å². The Bertz CT molecular complexity index is 404. The van der Waals surface area contributed by atoms with E-state index in [0.717, 1.165) is 0 Å². The lowest BCUT2D eigenvalue weighted by Crippen LogP contribution is -2.49. The maximum atomic E-state index is 13.1. The summed E-state index contributed by atoms with van der Waals surface area (Å²) in [6.07, 6.45) is 0. The lowest BCUT2D eigenvalue weighted by molar-refractivity contribution is -0.148. The molecule has 4 heteroatoms. The highest BCUT2D eigenvalue weighted by Gasteiger charge is 2.34. The minimum atomic E-state index is -0.830. The number of carbonyl (C=O) groups excluding carboxylic acids is 1. The van der Waals surface area contributed by atoms with Crippen LogP contribution >= 0.6 is 0 Å². The molecule has 0 saturated heterocycles. The lowest BCUT2D eigenvalue weighted by Gasteiger charge is -2.35. The summed E-state index contributed by atoms with van der Waals surface area (Å²) in [5.74, 6) is -0.652. The third-order valence-electron chi connectivity index (χ3n) is 2.81. The Morgan fingerprint density at radius 2 is 2.12 bits per heavy atom. The van der Waals surface area contributed by atoms with E-state index >= 15 is 0 Å². The van der Waals surface area contributed by atoms with Crippen molar-refractivity contribution in [3.63, 3.8) is 0 Å². The maximum absolute atomic E-state index is 13.1. The van der Waals surface area contributed by atoms with Gasteiger partial charge in [0.1, 0.15) is 11.4 Å². The Morgan fingerprint density at radius 3 is 2.65 bits per heavy atom. The smallest absolute Gasteiger partial charge is 0.331 e. The lowest BCUT2D eigenvalue weighted by atomic mass is 10.0. The Labute approximate surface area is 101 Å². The molecule has 0 spiro atoms. The van der Waals surface area contributed by atoms with E-state index in [4.69, 9.17) is 4.74 Å². The molecule has 0 aliphatic heterocycles. The first kappa shape index (κ1) is 13.5. The van der Waals surface area contributed by atoms with Gasteiger partial charge in [-0.15, -0.1) is 0 Å². The second kappa shape index (κ2) is 5.17. The molecule has 0 atom stereocenters. The van der Waals surface area contributed by atoms with Crippen LogP contribution in [-0.2, 0) is 9.53 Å². The summed E-state index contributed by atoms with van der Waals surface area (Å²) in [7, 11) is 1.74. The van der Waals surface area contributed by atoms with E-state index in [9.17, 15) is 9.18 Å². The van der Waals surface area contributed by atoms with Crippen LogP contribution in [0.3, 0.4) is 0 Å². The van der Waals surface area contributed by atoms with Gasteiger partial charge < -0.3 is 9.64 Å². The monoisotopic (exact) mass is 239 g/mol. The summed E-state index contributed by atoms with van der Waals surface area (Å²) < 4.78 is 18.1. The van der Waals surface area contributed by atoms with Crippen LogP contribution in [0.4, 0.5) is 10.1 Å². The summed E-state index contributed by atoms with van der Waals surface area (Å²) in [4.78, 5) is 13.5.